The van der Waals surface area contributed by atoms with Gasteiger partial charge in [-0.3, -0.25) is 10.1 Å². The summed E-state index contributed by atoms with van der Waals surface area (Å²) < 4.78 is 53.4. The first-order chi connectivity index (χ1) is 13.6. The lowest BCUT2D eigenvalue weighted by atomic mass is 10.2. The molecule has 0 heterocycles. The van der Waals surface area contributed by atoms with Gasteiger partial charge in [-0.05, 0) is 37.3 Å². The highest BCUT2D eigenvalue weighted by Crippen LogP contribution is 2.35. The van der Waals surface area contributed by atoms with E-state index < -0.39 is 34.4 Å². The first kappa shape index (κ1) is 21.7. The van der Waals surface area contributed by atoms with Crippen molar-refractivity contribution in [3.63, 3.8) is 0 Å². The highest BCUT2D eigenvalue weighted by Gasteiger charge is 2.30. The Morgan fingerprint density at radius 1 is 1.21 bits per heavy atom. The van der Waals surface area contributed by atoms with Crippen LogP contribution in [0.5, 0.6) is 17.2 Å². The Kier molecular flexibility index (Phi) is 6.81. The maximum absolute atomic E-state index is 12.6. The lowest BCUT2D eigenvalue weighted by Gasteiger charge is -2.14. The molecular formula is C19H16F3NO6. The van der Waals surface area contributed by atoms with Gasteiger partial charge in [-0.1, -0.05) is 12.7 Å². The molecular weight excluding hydrogens is 395 g/mol. The zero-order valence-electron chi connectivity index (χ0n) is 15.1. The third kappa shape index (κ3) is 5.96. The molecule has 10 heteroatoms. The van der Waals surface area contributed by atoms with E-state index >= 15 is 0 Å². The quantitative estimate of drug-likeness (QED) is 0.266. The molecule has 0 radical (unpaired) electrons. The van der Waals surface area contributed by atoms with Crippen LogP contribution in [0.1, 0.15) is 12.5 Å². The van der Waals surface area contributed by atoms with Gasteiger partial charge in [0.05, 0.1) is 10.5 Å². The Balaban J connectivity index is 2.22. The van der Waals surface area contributed by atoms with Crippen molar-refractivity contribution < 1.29 is 37.1 Å². The van der Waals surface area contributed by atoms with Gasteiger partial charge in [0.15, 0.2) is 6.10 Å². The number of rotatable bonds is 8. The second kappa shape index (κ2) is 9.09. The van der Waals surface area contributed by atoms with Gasteiger partial charge < -0.3 is 14.2 Å². The van der Waals surface area contributed by atoms with Gasteiger partial charge in [0.25, 0.3) is 0 Å². The van der Waals surface area contributed by atoms with Gasteiger partial charge in [-0.25, -0.2) is 4.79 Å². The molecule has 1 unspecified atom stereocenters. The summed E-state index contributed by atoms with van der Waals surface area (Å²) in [7, 11) is 0. The number of carbonyl (C=O) groups is 1. The fourth-order valence-corrected chi connectivity index (χ4v) is 2.15. The van der Waals surface area contributed by atoms with Crippen molar-refractivity contribution in [3.05, 3.63) is 70.8 Å². The van der Waals surface area contributed by atoms with Gasteiger partial charge in [0, 0.05) is 12.1 Å². The molecule has 7 nitrogen and oxygen atoms in total. The second-order valence-corrected chi connectivity index (χ2v) is 5.69. The largest absolute Gasteiger partial charge is 0.472 e. The number of nitro groups is 1. The number of ether oxygens (including phenoxy) is 3. The van der Waals surface area contributed by atoms with E-state index in [2.05, 4.69) is 6.58 Å². The molecule has 0 aliphatic carbocycles. The number of benzene rings is 2. The molecule has 0 N–H and O–H groups in total. The predicted octanol–water partition coefficient (Wildman–Crippen LogP) is 4.90. The third-order valence-electron chi connectivity index (χ3n) is 3.52. The van der Waals surface area contributed by atoms with E-state index in [4.69, 9.17) is 14.2 Å². The van der Waals surface area contributed by atoms with E-state index in [0.29, 0.717) is 0 Å². The van der Waals surface area contributed by atoms with Crippen molar-refractivity contribution >= 4 is 11.7 Å². The molecule has 2 rings (SSSR count). The van der Waals surface area contributed by atoms with Crippen molar-refractivity contribution in [1.29, 1.82) is 0 Å². The van der Waals surface area contributed by atoms with E-state index in [1.54, 1.807) is 0 Å². The summed E-state index contributed by atoms with van der Waals surface area (Å²) in [6.45, 7) is 4.69. The van der Waals surface area contributed by atoms with Crippen molar-refractivity contribution in [2.24, 2.45) is 0 Å². The van der Waals surface area contributed by atoms with Crippen LogP contribution < -0.4 is 9.47 Å². The summed E-state index contributed by atoms with van der Waals surface area (Å²) in [6, 6.07) is 7.42. The third-order valence-corrected chi connectivity index (χ3v) is 3.52. The van der Waals surface area contributed by atoms with E-state index in [-0.39, 0.29) is 23.9 Å². The Morgan fingerprint density at radius 3 is 2.38 bits per heavy atom. The summed E-state index contributed by atoms with van der Waals surface area (Å²) in [5, 5.41) is 11.2. The molecule has 0 aliphatic heterocycles. The Hall–Kier alpha value is -3.56. The molecule has 0 bridgehead atoms. The van der Waals surface area contributed by atoms with Crippen molar-refractivity contribution in [3.8, 4) is 17.2 Å². The number of hydrogen-bond acceptors (Lipinski definition) is 6. The minimum absolute atomic E-state index is 0.0499. The Bertz CT molecular complexity index is 896. The van der Waals surface area contributed by atoms with Crippen molar-refractivity contribution in [2.45, 2.75) is 19.2 Å². The summed E-state index contributed by atoms with van der Waals surface area (Å²) in [5.74, 6) is -0.871. The predicted molar refractivity (Wildman–Crippen MR) is 95.9 cm³/mol. The highest BCUT2D eigenvalue weighted by atomic mass is 19.4. The Labute approximate surface area is 163 Å². The number of esters is 1. The Morgan fingerprint density at radius 2 is 1.83 bits per heavy atom. The second-order valence-electron chi connectivity index (χ2n) is 5.69. The molecule has 2 aromatic carbocycles. The zero-order valence-corrected chi connectivity index (χ0v) is 15.1. The molecule has 0 aromatic heterocycles. The van der Waals surface area contributed by atoms with E-state index in [1.165, 1.54) is 19.1 Å². The number of nitro benzene ring substituents is 1. The monoisotopic (exact) mass is 411 g/mol. The molecule has 0 fully saturated rings. The van der Waals surface area contributed by atoms with Crippen molar-refractivity contribution in [2.75, 3.05) is 6.61 Å². The van der Waals surface area contributed by atoms with Crippen LogP contribution in [0, 0.1) is 10.1 Å². The molecule has 1 atom stereocenters. The van der Waals surface area contributed by atoms with Crippen LogP contribution in [-0.2, 0) is 15.7 Å². The van der Waals surface area contributed by atoms with Crippen LogP contribution >= 0.6 is 0 Å². The van der Waals surface area contributed by atoms with Gasteiger partial charge in [0.2, 0.25) is 5.75 Å². The zero-order chi connectivity index (χ0) is 21.6. The fourth-order valence-electron chi connectivity index (χ4n) is 2.15. The number of hydrogen-bond donors (Lipinski definition) is 0. The summed E-state index contributed by atoms with van der Waals surface area (Å²) in [6.07, 6.45) is -4.29. The lowest BCUT2D eigenvalue weighted by molar-refractivity contribution is -0.386. The van der Waals surface area contributed by atoms with Gasteiger partial charge in [-0.15, -0.1) is 0 Å². The average molecular weight is 411 g/mol. The number of carbonyl (C=O) groups excluding carboxylic acids is 1. The number of halogens is 3. The van der Waals surface area contributed by atoms with Crippen molar-refractivity contribution in [1.82, 2.24) is 0 Å². The summed E-state index contributed by atoms with van der Waals surface area (Å²) >= 11 is 0. The first-order valence-corrected chi connectivity index (χ1v) is 8.19. The van der Waals surface area contributed by atoms with Crippen LogP contribution in [0.4, 0.5) is 18.9 Å². The van der Waals surface area contributed by atoms with E-state index in [1.807, 2.05) is 0 Å². The molecule has 0 aliphatic rings. The average Bonchev–Trinajstić information content (AvgIpc) is 2.65. The maximum Gasteiger partial charge on any atom is 0.416 e. The standard InChI is InChI=1S/C19H16F3NO6/c1-3-10-27-18(24)12(2)28-17-11-15(8-9-16(17)23(25)26)29-14-6-4-13(5-7-14)19(20,21)22/h3-9,11-12H,1,10H2,2H3. The number of nitrogens with zero attached hydrogens (tertiary/aromatic N) is 1. The van der Waals surface area contributed by atoms with Gasteiger partial charge in [-0.2, -0.15) is 13.2 Å². The SMILES string of the molecule is C=CCOC(=O)C(C)Oc1cc(Oc2ccc(C(F)(F)F)cc2)ccc1[N+](=O)[O-]. The smallest absolute Gasteiger partial charge is 0.416 e. The van der Waals surface area contributed by atoms with E-state index in [9.17, 15) is 28.1 Å². The van der Waals surface area contributed by atoms with Crippen LogP contribution in [0.15, 0.2) is 55.1 Å². The summed E-state index contributed by atoms with van der Waals surface area (Å²) in [5.41, 5.74) is -1.27. The minimum atomic E-state index is -4.48. The van der Waals surface area contributed by atoms with Crippen LogP contribution in [0.25, 0.3) is 0 Å². The molecule has 0 saturated carbocycles. The van der Waals surface area contributed by atoms with E-state index in [0.717, 1.165) is 36.4 Å². The molecule has 0 amide bonds. The van der Waals surface area contributed by atoms with Gasteiger partial charge >= 0.3 is 17.8 Å². The number of alkyl halides is 3. The van der Waals surface area contributed by atoms with Crippen LogP contribution in [-0.4, -0.2) is 23.6 Å². The fraction of sp³-hybridized carbons (Fsp3) is 0.211. The first-order valence-electron chi connectivity index (χ1n) is 8.19. The topological polar surface area (TPSA) is 87.9 Å². The maximum atomic E-state index is 12.6. The highest BCUT2D eigenvalue weighted by molar-refractivity contribution is 5.75. The van der Waals surface area contributed by atoms with Crippen LogP contribution in [0.3, 0.4) is 0 Å². The van der Waals surface area contributed by atoms with Crippen LogP contribution in [0.2, 0.25) is 0 Å². The summed E-state index contributed by atoms with van der Waals surface area (Å²) in [4.78, 5) is 22.3. The normalized spacial score (nSPS) is 12.0. The lowest BCUT2D eigenvalue weighted by Crippen LogP contribution is -2.26. The molecule has 2 aromatic rings. The molecule has 0 saturated heterocycles. The van der Waals surface area contributed by atoms with Gasteiger partial charge in [0.1, 0.15) is 18.1 Å². The molecule has 29 heavy (non-hydrogen) atoms. The molecule has 154 valence electrons. The minimum Gasteiger partial charge on any atom is -0.472 e. The molecule has 0 spiro atoms.